The lowest BCUT2D eigenvalue weighted by atomic mass is 10.0. The van der Waals surface area contributed by atoms with Gasteiger partial charge in [0, 0.05) is 29.8 Å². The van der Waals surface area contributed by atoms with Gasteiger partial charge in [-0.05, 0) is 68.5 Å². The van der Waals surface area contributed by atoms with E-state index in [0.717, 1.165) is 46.4 Å². The zero-order valence-corrected chi connectivity index (χ0v) is 16.6. The molecule has 0 amide bonds. The van der Waals surface area contributed by atoms with Gasteiger partial charge in [0.1, 0.15) is 0 Å². The summed E-state index contributed by atoms with van der Waals surface area (Å²) in [6.07, 6.45) is 2.26. The minimum absolute atomic E-state index is 0.0604. The summed E-state index contributed by atoms with van der Waals surface area (Å²) in [5.41, 5.74) is 4.72. The maximum absolute atomic E-state index is 12.7. The van der Waals surface area contributed by atoms with Gasteiger partial charge in [0.25, 0.3) is 11.1 Å². The minimum atomic E-state index is -0.0604. The van der Waals surface area contributed by atoms with E-state index in [-0.39, 0.29) is 11.1 Å². The third kappa shape index (κ3) is 2.85. The molecule has 29 heavy (non-hydrogen) atoms. The molecule has 1 aliphatic rings. The van der Waals surface area contributed by atoms with Crippen molar-refractivity contribution in [2.75, 3.05) is 0 Å². The molecule has 2 aromatic carbocycles. The minimum Gasteiger partial charge on any atom is -0.309 e. The summed E-state index contributed by atoms with van der Waals surface area (Å²) in [5.74, 6) is 0.467. The maximum Gasteiger partial charge on any atom is 0.271 e. The molecule has 0 bridgehead atoms. The van der Waals surface area contributed by atoms with Crippen molar-refractivity contribution in [3.63, 3.8) is 0 Å². The first-order valence-electron chi connectivity index (χ1n) is 10.1. The van der Waals surface area contributed by atoms with E-state index in [9.17, 15) is 9.59 Å². The van der Waals surface area contributed by atoms with E-state index in [2.05, 4.69) is 6.07 Å². The van der Waals surface area contributed by atoms with Gasteiger partial charge in [-0.3, -0.25) is 14.3 Å². The fourth-order valence-electron chi connectivity index (χ4n) is 4.28. The van der Waals surface area contributed by atoms with Crippen molar-refractivity contribution in [3.05, 3.63) is 92.6 Å². The van der Waals surface area contributed by atoms with Crippen LogP contribution in [0.15, 0.2) is 70.3 Å². The Morgan fingerprint density at radius 1 is 0.862 bits per heavy atom. The number of para-hydroxylation sites is 1. The Morgan fingerprint density at radius 3 is 2.31 bits per heavy atom. The van der Waals surface area contributed by atoms with Crippen LogP contribution in [0, 0.1) is 6.92 Å². The second-order valence-electron chi connectivity index (χ2n) is 7.74. The quantitative estimate of drug-likeness (QED) is 0.530. The Balaban J connectivity index is 1.80. The van der Waals surface area contributed by atoms with Crippen molar-refractivity contribution in [2.24, 2.45) is 0 Å². The number of benzene rings is 2. The highest BCUT2D eigenvalue weighted by Crippen LogP contribution is 2.42. The highest BCUT2D eigenvalue weighted by Gasteiger charge is 2.27. The normalized spacial score (nSPS) is 13.9. The summed E-state index contributed by atoms with van der Waals surface area (Å²) >= 11 is 0. The van der Waals surface area contributed by atoms with E-state index >= 15 is 0 Å². The molecule has 146 valence electrons. The summed E-state index contributed by atoms with van der Waals surface area (Å²) in [6, 6.07) is 19.3. The number of rotatable bonds is 4. The van der Waals surface area contributed by atoms with Crippen molar-refractivity contribution in [1.82, 2.24) is 13.9 Å². The Labute approximate surface area is 168 Å². The Hall–Kier alpha value is -3.34. The molecule has 0 radical (unpaired) electrons. The van der Waals surface area contributed by atoms with Gasteiger partial charge in [-0.25, -0.2) is 4.68 Å². The lowest BCUT2D eigenvalue weighted by Gasteiger charge is -2.17. The van der Waals surface area contributed by atoms with Gasteiger partial charge in [0.05, 0.1) is 16.9 Å². The van der Waals surface area contributed by atoms with Gasteiger partial charge in [0.2, 0.25) is 0 Å². The van der Waals surface area contributed by atoms with Crippen LogP contribution in [-0.4, -0.2) is 13.9 Å². The van der Waals surface area contributed by atoms with Gasteiger partial charge in [0.15, 0.2) is 0 Å². The van der Waals surface area contributed by atoms with E-state index in [4.69, 9.17) is 0 Å². The van der Waals surface area contributed by atoms with Crippen LogP contribution in [-0.2, 0) is 6.54 Å². The number of hydrogen-bond acceptors (Lipinski definition) is 2. The molecular formula is C24H23N3O2. The van der Waals surface area contributed by atoms with Crippen LogP contribution in [0.25, 0.3) is 22.3 Å². The second kappa shape index (κ2) is 6.62. The van der Waals surface area contributed by atoms with Gasteiger partial charge >= 0.3 is 0 Å². The van der Waals surface area contributed by atoms with Crippen LogP contribution in [0.2, 0.25) is 0 Å². The van der Waals surface area contributed by atoms with Gasteiger partial charge in [-0.1, -0.05) is 18.2 Å². The van der Waals surface area contributed by atoms with Gasteiger partial charge in [-0.2, -0.15) is 0 Å². The summed E-state index contributed by atoms with van der Waals surface area (Å²) in [6.45, 7) is 4.57. The molecule has 1 saturated carbocycles. The van der Waals surface area contributed by atoms with Crippen molar-refractivity contribution >= 4 is 10.9 Å². The van der Waals surface area contributed by atoms with E-state index in [1.54, 1.807) is 16.8 Å². The van der Waals surface area contributed by atoms with E-state index in [0.29, 0.717) is 12.5 Å². The number of nitrogens with zero attached hydrogens (tertiary/aromatic N) is 3. The standard InChI is InChI=1S/C24H23N3O2/c1-3-25-22-12-11-19(14-21(22)20(15-23(25)28)17-9-10-17)26-16(2)13-24(29)27(26)18-7-5-4-6-8-18/h4-8,11-15,17H,3,9-10H2,1-2H3. The molecule has 0 aliphatic heterocycles. The predicted molar refractivity (Wildman–Crippen MR) is 116 cm³/mol. The van der Waals surface area contributed by atoms with E-state index in [1.165, 1.54) is 0 Å². The topological polar surface area (TPSA) is 48.9 Å². The molecule has 2 aromatic heterocycles. The Morgan fingerprint density at radius 2 is 1.62 bits per heavy atom. The number of hydrogen-bond donors (Lipinski definition) is 0. The van der Waals surface area contributed by atoms with Crippen molar-refractivity contribution < 1.29 is 0 Å². The second-order valence-corrected chi connectivity index (χ2v) is 7.74. The largest absolute Gasteiger partial charge is 0.309 e. The van der Waals surface area contributed by atoms with E-state index in [1.807, 2.05) is 65.6 Å². The third-order valence-corrected chi connectivity index (χ3v) is 5.78. The first kappa shape index (κ1) is 17.7. The molecule has 5 rings (SSSR count). The fourth-order valence-corrected chi connectivity index (χ4v) is 4.28. The molecule has 5 nitrogen and oxygen atoms in total. The van der Waals surface area contributed by atoms with E-state index < -0.39 is 0 Å². The molecule has 1 aliphatic carbocycles. The molecule has 5 heteroatoms. The SMILES string of the molecule is CCn1c(=O)cc(C2CC2)c2cc(-n3c(C)cc(=O)n3-c3ccccc3)ccc21. The summed E-state index contributed by atoms with van der Waals surface area (Å²) in [5, 5.41) is 1.10. The highest BCUT2D eigenvalue weighted by molar-refractivity contribution is 5.85. The van der Waals surface area contributed by atoms with Crippen molar-refractivity contribution in [2.45, 2.75) is 39.2 Å². The molecule has 0 atom stereocenters. The van der Waals surface area contributed by atoms with Crippen LogP contribution in [0.4, 0.5) is 0 Å². The van der Waals surface area contributed by atoms with Crippen LogP contribution in [0.3, 0.4) is 0 Å². The average molecular weight is 385 g/mol. The lowest BCUT2D eigenvalue weighted by molar-refractivity contribution is 0.707. The lowest BCUT2D eigenvalue weighted by Crippen LogP contribution is -2.21. The first-order valence-corrected chi connectivity index (χ1v) is 10.1. The van der Waals surface area contributed by atoms with Crippen LogP contribution >= 0.6 is 0 Å². The fraction of sp³-hybridized carbons (Fsp3) is 0.250. The van der Waals surface area contributed by atoms with Crippen molar-refractivity contribution in [1.29, 1.82) is 0 Å². The summed E-state index contributed by atoms with van der Waals surface area (Å²) < 4.78 is 5.47. The molecule has 0 N–H and O–H groups in total. The molecule has 2 heterocycles. The predicted octanol–water partition coefficient (Wildman–Crippen LogP) is 4.15. The molecule has 1 fully saturated rings. The third-order valence-electron chi connectivity index (χ3n) is 5.78. The molecule has 4 aromatic rings. The van der Waals surface area contributed by atoms with Crippen LogP contribution in [0.5, 0.6) is 0 Å². The Kier molecular flexibility index (Phi) is 4.05. The zero-order valence-electron chi connectivity index (χ0n) is 16.6. The number of aromatic nitrogens is 3. The van der Waals surface area contributed by atoms with Crippen LogP contribution in [0.1, 0.15) is 36.9 Å². The summed E-state index contributed by atoms with van der Waals surface area (Å²) in [4.78, 5) is 25.3. The monoisotopic (exact) mass is 385 g/mol. The highest BCUT2D eigenvalue weighted by atomic mass is 16.1. The first-order chi connectivity index (χ1) is 14.1. The number of pyridine rings is 1. The number of aryl methyl sites for hydroxylation is 2. The molecule has 0 unspecified atom stereocenters. The van der Waals surface area contributed by atoms with Gasteiger partial charge < -0.3 is 4.57 Å². The average Bonchev–Trinajstić information content (AvgIpc) is 3.52. The summed E-state index contributed by atoms with van der Waals surface area (Å²) in [7, 11) is 0. The Bertz CT molecular complexity index is 1340. The molecule has 0 spiro atoms. The number of fused-ring (bicyclic) bond motifs is 1. The zero-order chi connectivity index (χ0) is 20.1. The molecule has 0 saturated heterocycles. The maximum atomic E-state index is 12.7. The van der Waals surface area contributed by atoms with Crippen molar-refractivity contribution in [3.8, 4) is 11.4 Å². The smallest absolute Gasteiger partial charge is 0.271 e. The van der Waals surface area contributed by atoms with Gasteiger partial charge in [-0.15, -0.1) is 0 Å². The molecular weight excluding hydrogens is 362 g/mol. The van der Waals surface area contributed by atoms with Crippen LogP contribution < -0.4 is 11.1 Å².